The Balaban J connectivity index is 2.33. The number of rotatable bonds is 5. The van der Waals surface area contributed by atoms with Crippen molar-refractivity contribution in [2.24, 2.45) is 0 Å². The first kappa shape index (κ1) is 15.5. The van der Waals surface area contributed by atoms with Crippen LogP contribution in [0.15, 0.2) is 22.7 Å². The first-order valence-electron chi connectivity index (χ1n) is 5.99. The van der Waals surface area contributed by atoms with Crippen LogP contribution in [0.2, 0.25) is 0 Å². The lowest BCUT2D eigenvalue weighted by Gasteiger charge is -2.09. The van der Waals surface area contributed by atoms with E-state index in [0.717, 1.165) is 16.5 Å². The summed E-state index contributed by atoms with van der Waals surface area (Å²) >= 11 is 3.38. The SMILES string of the molecule is CCCC(=O)NNC(=O)COc1ccc(Br)c(C)c1. The van der Waals surface area contributed by atoms with Crippen LogP contribution in [0.25, 0.3) is 0 Å². The number of hydrogen-bond donors (Lipinski definition) is 2. The summed E-state index contributed by atoms with van der Waals surface area (Å²) in [6, 6.07) is 5.44. The van der Waals surface area contributed by atoms with E-state index >= 15 is 0 Å². The summed E-state index contributed by atoms with van der Waals surface area (Å²) in [5.41, 5.74) is 5.63. The van der Waals surface area contributed by atoms with E-state index in [1.807, 2.05) is 26.0 Å². The number of ether oxygens (including phenoxy) is 1. The van der Waals surface area contributed by atoms with E-state index in [9.17, 15) is 9.59 Å². The molecule has 0 radical (unpaired) electrons. The molecule has 1 rings (SSSR count). The topological polar surface area (TPSA) is 67.4 Å². The van der Waals surface area contributed by atoms with Crippen LogP contribution in [-0.4, -0.2) is 18.4 Å². The number of halogens is 1. The summed E-state index contributed by atoms with van der Waals surface area (Å²) in [6.07, 6.45) is 1.11. The van der Waals surface area contributed by atoms with E-state index in [-0.39, 0.29) is 12.5 Å². The molecule has 0 spiro atoms. The molecule has 6 heteroatoms. The number of aryl methyl sites for hydroxylation is 1. The first-order valence-corrected chi connectivity index (χ1v) is 6.79. The third-order valence-corrected chi connectivity index (χ3v) is 3.21. The molecule has 5 nitrogen and oxygen atoms in total. The zero-order valence-corrected chi connectivity index (χ0v) is 12.5. The third-order valence-electron chi connectivity index (χ3n) is 2.32. The number of amides is 2. The first-order chi connectivity index (χ1) is 9.02. The van der Waals surface area contributed by atoms with Gasteiger partial charge in [0.25, 0.3) is 5.91 Å². The number of carbonyl (C=O) groups is 2. The van der Waals surface area contributed by atoms with Gasteiger partial charge >= 0.3 is 0 Å². The standard InChI is InChI=1S/C13H17BrN2O3/c1-3-4-12(17)15-16-13(18)8-19-10-5-6-11(14)9(2)7-10/h5-7H,3-4,8H2,1-2H3,(H,15,17)(H,16,18). The third kappa shape index (κ3) is 5.74. The van der Waals surface area contributed by atoms with Gasteiger partial charge in [-0.1, -0.05) is 22.9 Å². The van der Waals surface area contributed by atoms with Crippen LogP contribution in [0.1, 0.15) is 25.3 Å². The predicted molar refractivity (Wildman–Crippen MR) is 75.6 cm³/mol. The van der Waals surface area contributed by atoms with Gasteiger partial charge in [0.1, 0.15) is 5.75 Å². The van der Waals surface area contributed by atoms with Gasteiger partial charge in [0.2, 0.25) is 5.91 Å². The second-order valence-corrected chi connectivity index (χ2v) is 4.90. The zero-order valence-electron chi connectivity index (χ0n) is 11.0. The van der Waals surface area contributed by atoms with Crippen molar-refractivity contribution in [3.63, 3.8) is 0 Å². The van der Waals surface area contributed by atoms with E-state index in [2.05, 4.69) is 26.8 Å². The Hall–Kier alpha value is -1.56. The van der Waals surface area contributed by atoms with Gasteiger partial charge in [0.15, 0.2) is 6.61 Å². The summed E-state index contributed by atoms with van der Waals surface area (Å²) in [6.45, 7) is 3.68. The molecule has 0 atom stereocenters. The molecule has 104 valence electrons. The lowest BCUT2D eigenvalue weighted by Crippen LogP contribution is -2.43. The molecule has 1 aromatic rings. The summed E-state index contributed by atoms with van der Waals surface area (Å²) in [7, 11) is 0. The van der Waals surface area contributed by atoms with Crippen molar-refractivity contribution < 1.29 is 14.3 Å². The second kappa shape index (κ2) is 7.78. The van der Waals surface area contributed by atoms with Crippen LogP contribution in [0.5, 0.6) is 5.75 Å². The van der Waals surface area contributed by atoms with Gasteiger partial charge in [-0.15, -0.1) is 0 Å². The minimum absolute atomic E-state index is 0.145. The molecule has 19 heavy (non-hydrogen) atoms. The van der Waals surface area contributed by atoms with Crippen molar-refractivity contribution in [1.29, 1.82) is 0 Å². The van der Waals surface area contributed by atoms with Crippen LogP contribution < -0.4 is 15.6 Å². The number of nitrogens with one attached hydrogen (secondary N) is 2. The summed E-state index contributed by atoms with van der Waals surface area (Å²) in [5, 5.41) is 0. The maximum Gasteiger partial charge on any atom is 0.276 e. The molecule has 0 aliphatic heterocycles. The van der Waals surface area contributed by atoms with E-state index in [1.165, 1.54) is 0 Å². The molecular formula is C13H17BrN2O3. The Kier molecular flexibility index (Phi) is 6.35. The fourth-order valence-corrected chi connectivity index (χ4v) is 1.57. The number of carbonyl (C=O) groups excluding carboxylic acids is 2. The van der Waals surface area contributed by atoms with E-state index in [4.69, 9.17) is 4.74 Å². The monoisotopic (exact) mass is 328 g/mol. The molecule has 0 saturated heterocycles. The lowest BCUT2D eigenvalue weighted by molar-refractivity contribution is -0.130. The van der Waals surface area contributed by atoms with Crippen molar-refractivity contribution in [3.8, 4) is 5.75 Å². The van der Waals surface area contributed by atoms with Gasteiger partial charge in [-0.2, -0.15) is 0 Å². The molecule has 0 unspecified atom stereocenters. The normalized spacial score (nSPS) is 9.84. The Morgan fingerprint density at radius 3 is 2.58 bits per heavy atom. The van der Waals surface area contributed by atoms with Gasteiger partial charge in [0.05, 0.1) is 0 Å². The van der Waals surface area contributed by atoms with Gasteiger partial charge in [0, 0.05) is 10.9 Å². The molecule has 1 aromatic carbocycles. The van der Waals surface area contributed by atoms with Crippen molar-refractivity contribution >= 4 is 27.7 Å². The van der Waals surface area contributed by atoms with Crippen LogP contribution in [0.3, 0.4) is 0 Å². The minimum Gasteiger partial charge on any atom is -0.484 e. The van der Waals surface area contributed by atoms with Crippen molar-refractivity contribution in [2.75, 3.05) is 6.61 Å². The molecule has 0 bridgehead atoms. The quantitative estimate of drug-likeness (QED) is 0.813. The average molecular weight is 329 g/mol. The van der Waals surface area contributed by atoms with E-state index < -0.39 is 5.91 Å². The van der Waals surface area contributed by atoms with Crippen molar-refractivity contribution in [2.45, 2.75) is 26.7 Å². The van der Waals surface area contributed by atoms with E-state index in [1.54, 1.807) is 6.07 Å². The van der Waals surface area contributed by atoms with E-state index in [0.29, 0.717) is 12.2 Å². The van der Waals surface area contributed by atoms with Gasteiger partial charge in [-0.05, 0) is 37.1 Å². The molecule has 0 saturated carbocycles. The Bertz CT molecular complexity index is 463. The smallest absolute Gasteiger partial charge is 0.276 e. The van der Waals surface area contributed by atoms with Gasteiger partial charge in [-0.25, -0.2) is 0 Å². The van der Waals surface area contributed by atoms with Gasteiger partial charge < -0.3 is 4.74 Å². The molecular weight excluding hydrogens is 312 g/mol. The Morgan fingerprint density at radius 2 is 1.95 bits per heavy atom. The average Bonchev–Trinajstić information content (AvgIpc) is 2.38. The van der Waals surface area contributed by atoms with Crippen LogP contribution in [0, 0.1) is 6.92 Å². The van der Waals surface area contributed by atoms with Gasteiger partial charge in [-0.3, -0.25) is 20.4 Å². The largest absolute Gasteiger partial charge is 0.484 e. The van der Waals surface area contributed by atoms with Crippen LogP contribution >= 0.6 is 15.9 Å². The molecule has 0 heterocycles. The number of hydrogen-bond acceptors (Lipinski definition) is 3. The molecule has 0 fully saturated rings. The van der Waals surface area contributed by atoms with Crippen LogP contribution in [-0.2, 0) is 9.59 Å². The highest BCUT2D eigenvalue weighted by Gasteiger charge is 2.05. The lowest BCUT2D eigenvalue weighted by atomic mass is 10.2. The minimum atomic E-state index is -0.398. The highest BCUT2D eigenvalue weighted by atomic mass is 79.9. The van der Waals surface area contributed by atoms with Crippen LogP contribution in [0.4, 0.5) is 0 Å². The molecule has 2 amide bonds. The fraction of sp³-hybridized carbons (Fsp3) is 0.385. The molecule has 0 aliphatic rings. The zero-order chi connectivity index (χ0) is 14.3. The summed E-state index contributed by atoms with van der Waals surface area (Å²) in [5.74, 6) is -0.00362. The fourth-order valence-electron chi connectivity index (χ4n) is 1.32. The summed E-state index contributed by atoms with van der Waals surface area (Å²) in [4.78, 5) is 22.5. The molecule has 0 aliphatic carbocycles. The predicted octanol–water partition coefficient (Wildman–Crippen LogP) is 2.08. The van der Waals surface area contributed by atoms with Crippen molar-refractivity contribution in [1.82, 2.24) is 10.9 Å². The highest BCUT2D eigenvalue weighted by Crippen LogP contribution is 2.21. The highest BCUT2D eigenvalue weighted by molar-refractivity contribution is 9.10. The van der Waals surface area contributed by atoms with Crippen molar-refractivity contribution in [3.05, 3.63) is 28.2 Å². The Morgan fingerprint density at radius 1 is 1.26 bits per heavy atom. The molecule has 0 aromatic heterocycles. The number of benzene rings is 1. The Labute approximate surface area is 120 Å². The second-order valence-electron chi connectivity index (χ2n) is 4.05. The molecule has 2 N–H and O–H groups in total. The maximum absolute atomic E-state index is 11.4. The summed E-state index contributed by atoms with van der Waals surface area (Å²) < 4.78 is 6.29. The number of hydrazine groups is 1. The maximum atomic E-state index is 11.4.